The van der Waals surface area contributed by atoms with Crippen molar-refractivity contribution in [1.29, 1.82) is 0 Å². The van der Waals surface area contributed by atoms with Crippen molar-refractivity contribution in [3.05, 3.63) is 83.4 Å². The first-order valence-electron chi connectivity index (χ1n) is 12.1. The average Bonchev–Trinajstić information content (AvgIpc) is 3.25. The number of aromatic nitrogens is 3. The van der Waals surface area contributed by atoms with Crippen LogP contribution in [0.4, 0.5) is 0 Å². The molecule has 0 bridgehead atoms. The number of hydrogen-bond acceptors (Lipinski definition) is 5. The second kappa shape index (κ2) is 9.06. The monoisotopic (exact) mass is 456 g/mol. The number of rotatable bonds is 4. The third kappa shape index (κ3) is 4.12. The summed E-state index contributed by atoms with van der Waals surface area (Å²) in [6.07, 6.45) is 16.5. The topological polar surface area (TPSA) is 57.0 Å². The van der Waals surface area contributed by atoms with E-state index in [1.165, 1.54) is 0 Å². The van der Waals surface area contributed by atoms with Crippen LogP contribution in [0.1, 0.15) is 37.9 Å². The summed E-state index contributed by atoms with van der Waals surface area (Å²) in [5.41, 5.74) is 6.42. The molecule has 7 heteroatoms. The molecule has 0 aromatic carbocycles. The van der Waals surface area contributed by atoms with Crippen LogP contribution in [0, 0.1) is 6.92 Å². The molecule has 0 saturated carbocycles. The van der Waals surface area contributed by atoms with Gasteiger partial charge in [0.05, 0.1) is 34.5 Å². The molecule has 3 aliphatic rings. The molecule has 2 aromatic rings. The highest BCUT2D eigenvalue weighted by molar-refractivity contribution is 5.99. The Morgan fingerprint density at radius 2 is 1.94 bits per heavy atom. The van der Waals surface area contributed by atoms with Crippen molar-refractivity contribution in [1.82, 2.24) is 29.3 Å². The highest BCUT2D eigenvalue weighted by Crippen LogP contribution is 2.26. The number of allylic oxidation sites excluding steroid dienone is 6. The summed E-state index contributed by atoms with van der Waals surface area (Å²) in [5.74, 6) is -0.0743. The zero-order chi connectivity index (χ0) is 23.8. The Hall–Kier alpha value is -3.45. The number of amides is 1. The lowest BCUT2D eigenvalue weighted by Crippen LogP contribution is -2.51. The highest BCUT2D eigenvalue weighted by atomic mass is 16.2. The summed E-state index contributed by atoms with van der Waals surface area (Å²) in [6.45, 7) is 12.6. The minimum absolute atomic E-state index is 0.0743. The van der Waals surface area contributed by atoms with Gasteiger partial charge in [0.1, 0.15) is 0 Å². The fraction of sp³-hybridized carbons (Fsp3) is 0.370. The second-order valence-corrected chi connectivity index (χ2v) is 9.11. The Morgan fingerprint density at radius 1 is 1.12 bits per heavy atom. The van der Waals surface area contributed by atoms with Crippen molar-refractivity contribution in [2.24, 2.45) is 0 Å². The fourth-order valence-electron chi connectivity index (χ4n) is 4.96. The molecule has 0 unspecified atom stereocenters. The van der Waals surface area contributed by atoms with Gasteiger partial charge in [-0.3, -0.25) is 19.6 Å². The maximum Gasteiger partial charge on any atom is 0.255 e. The molecule has 1 saturated heterocycles. The van der Waals surface area contributed by atoms with Crippen molar-refractivity contribution in [2.75, 3.05) is 26.2 Å². The maximum atomic E-state index is 13.4. The summed E-state index contributed by atoms with van der Waals surface area (Å²) < 4.78 is 1.87. The molecule has 1 amide bonds. The number of aryl methyl sites for hydroxylation is 2. The molecular formula is C27H32N6O. The Kier molecular flexibility index (Phi) is 5.96. The third-order valence-corrected chi connectivity index (χ3v) is 6.84. The standard InChI is InChI=1S/C27H32N6O/c1-5-24-26-15-25(29-33(26)16-19(3)28-24)21-8-7-9-22-10-11-23(18-32(22)27(34)14-21)31-13-12-30(6-2)20(4)17-31/h7-11,14-16,18,20H,5-6,12-13,17H2,1-4H3/b8-7+,21-14+,22-9+/t20-/m1/s1. The van der Waals surface area contributed by atoms with E-state index in [2.05, 4.69) is 41.6 Å². The minimum atomic E-state index is -0.0743. The summed E-state index contributed by atoms with van der Waals surface area (Å²) in [6, 6.07) is 2.51. The van der Waals surface area contributed by atoms with E-state index in [-0.39, 0.29) is 5.91 Å². The van der Waals surface area contributed by atoms with Crippen LogP contribution in [0.15, 0.2) is 66.3 Å². The van der Waals surface area contributed by atoms with Crippen molar-refractivity contribution in [3.8, 4) is 0 Å². The van der Waals surface area contributed by atoms with Crippen LogP contribution < -0.4 is 0 Å². The van der Waals surface area contributed by atoms with E-state index in [0.717, 1.165) is 72.2 Å². The van der Waals surface area contributed by atoms with Crippen LogP contribution in [0.2, 0.25) is 0 Å². The molecule has 1 fully saturated rings. The van der Waals surface area contributed by atoms with Crippen LogP contribution in [0.5, 0.6) is 0 Å². The molecular weight excluding hydrogens is 424 g/mol. The summed E-state index contributed by atoms with van der Waals surface area (Å²) in [7, 11) is 0. The smallest absolute Gasteiger partial charge is 0.255 e. The van der Waals surface area contributed by atoms with E-state index >= 15 is 0 Å². The predicted molar refractivity (Wildman–Crippen MR) is 135 cm³/mol. The maximum absolute atomic E-state index is 13.4. The van der Waals surface area contributed by atoms with E-state index < -0.39 is 0 Å². The van der Waals surface area contributed by atoms with Crippen molar-refractivity contribution < 1.29 is 4.79 Å². The van der Waals surface area contributed by atoms with Gasteiger partial charge in [-0.2, -0.15) is 5.10 Å². The molecule has 34 heavy (non-hydrogen) atoms. The molecule has 0 spiro atoms. The van der Waals surface area contributed by atoms with Crippen LogP contribution >= 0.6 is 0 Å². The lowest BCUT2D eigenvalue weighted by molar-refractivity contribution is -0.122. The number of fused-ring (bicyclic) bond motifs is 2. The lowest BCUT2D eigenvalue weighted by atomic mass is 10.1. The number of carbonyl (C=O) groups is 1. The SMILES string of the molecule is CCc1nc(C)cn2nc(C3=C\C(=O)N4C=C(N5CCN(CC)[C@H](C)C5)C=C\C4=C/C=C/3)cc12. The number of likely N-dealkylation sites (N-methyl/N-ethyl adjacent to an activating group) is 1. The first-order chi connectivity index (χ1) is 16.5. The van der Waals surface area contributed by atoms with Gasteiger partial charge in [0.15, 0.2) is 0 Å². The van der Waals surface area contributed by atoms with Crippen LogP contribution in [0.25, 0.3) is 11.1 Å². The van der Waals surface area contributed by atoms with Gasteiger partial charge in [-0.25, -0.2) is 4.52 Å². The highest BCUT2D eigenvalue weighted by Gasteiger charge is 2.26. The molecule has 0 radical (unpaired) electrons. The normalized spacial score (nSPS) is 25.2. The third-order valence-electron chi connectivity index (χ3n) is 6.84. The fourth-order valence-corrected chi connectivity index (χ4v) is 4.96. The zero-order valence-corrected chi connectivity index (χ0v) is 20.4. The number of nitrogens with zero attached hydrogens (tertiary/aromatic N) is 6. The van der Waals surface area contributed by atoms with E-state index in [4.69, 9.17) is 5.10 Å². The number of piperazine rings is 1. The van der Waals surface area contributed by atoms with Gasteiger partial charge in [-0.15, -0.1) is 0 Å². The zero-order valence-electron chi connectivity index (χ0n) is 20.4. The van der Waals surface area contributed by atoms with E-state index in [0.29, 0.717) is 6.04 Å². The van der Waals surface area contributed by atoms with Crippen molar-refractivity contribution in [2.45, 2.75) is 40.2 Å². The summed E-state index contributed by atoms with van der Waals surface area (Å²) >= 11 is 0. The van der Waals surface area contributed by atoms with Crippen LogP contribution in [0.3, 0.4) is 0 Å². The Morgan fingerprint density at radius 3 is 2.71 bits per heavy atom. The van der Waals surface area contributed by atoms with Crippen LogP contribution in [-0.2, 0) is 11.2 Å². The van der Waals surface area contributed by atoms with Gasteiger partial charge in [0.2, 0.25) is 0 Å². The molecule has 5 heterocycles. The number of carbonyl (C=O) groups excluding carboxylic acids is 1. The van der Waals surface area contributed by atoms with Crippen molar-refractivity contribution in [3.63, 3.8) is 0 Å². The largest absolute Gasteiger partial charge is 0.367 e. The lowest BCUT2D eigenvalue weighted by Gasteiger charge is -2.42. The van der Waals surface area contributed by atoms with Gasteiger partial charge < -0.3 is 4.90 Å². The second-order valence-electron chi connectivity index (χ2n) is 9.11. The molecule has 1 atom stereocenters. The summed E-state index contributed by atoms with van der Waals surface area (Å²) in [5, 5.41) is 4.75. The van der Waals surface area contributed by atoms with Crippen LogP contribution in [-0.4, -0.2) is 67.4 Å². The average molecular weight is 457 g/mol. The molecule has 0 aliphatic carbocycles. The Balaban J connectivity index is 1.45. The van der Waals surface area contributed by atoms with E-state index in [1.807, 2.05) is 54.2 Å². The first kappa shape index (κ1) is 22.3. The predicted octanol–water partition coefficient (Wildman–Crippen LogP) is 3.70. The van der Waals surface area contributed by atoms with E-state index in [9.17, 15) is 4.79 Å². The number of hydrogen-bond donors (Lipinski definition) is 0. The summed E-state index contributed by atoms with van der Waals surface area (Å²) in [4.78, 5) is 24.6. The Bertz CT molecular complexity index is 1280. The first-order valence-corrected chi connectivity index (χ1v) is 12.1. The molecule has 7 nitrogen and oxygen atoms in total. The van der Waals surface area contributed by atoms with Gasteiger partial charge in [-0.05, 0) is 51.1 Å². The van der Waals surface area contributed by atoms with Crippen molar-refractivity contribution >= 4 is 17.0 Å². The van der Waals surface area contributed by atoms with E-state index in [1.54, 1.807) is 11.0 Å². The molecule has 176 valence electrons. The quantitative estimate of drug-likeness (QED) is 0.702. The molecule has 3 aliphatic heterocycles. The Labute approximate surface area is 201 Å². The molecule has 0 N–H and O–H groups in total. The van der Waals surface area contributed by atoms with Gasteiger partial charge >= 0.3 is 0 Å². The van der Waals surface area contributed by atoms with Gasteiger partial charge in [0.25, 0.3) is 5.91 Å². The van der Waals surface area contributed by atoms with Gasteiger partial charge in [-0.1, -0.05) is 26.0 Å². The molecule has 5 rings (SSSR count). The minimum Gasteiger partial charge on any atom is -0.367 e. The molecule has 2 aromatic heterocycles. The van der Waals surface area contributed by atoms with Gasteiger partial charge in [0, 0.05) is 49.2 Å².